The van der Waals surface area contributed by atoms with Crippen LogP contribution in [0.4, 0.5) is 5.95 Å². The van der Waals surface area contributed by atoms with Crippen molar-refractivity contribution in [2.24, 2.45) is 0 Å². The summed E-state index contributed by atoms with van der Waals surface area (Å²) in [5.41, 5.74) is 9.87. The number of nitrogens with zero attached hydrogens (tertiary/aromatic N) is 4. The normalized spacial score (nSPS) is 12.8. The number of likely N-dealkylation sites (N-methyl/N-ethyl adjacent to an activating group) is 1. The minimum absolute atomic E-state index is 0.0542. The van der Waals surface area contributed by atoms with Gasteiger partial charge in [0.15, 0.2) is 0 Å². The van der Waals surface area contributed by atoms with Crippen LogP contribution in [-0.4, -0.2) is 44.7 Å². The van der Waals surface area contributed by atoms with Gasteiger partial charge in [0.05, 0.1) is 11.9 Å². The Kier molecular flexibility index (Phi) is 5.35. The molecule has 0 saturated carbocycles. The quantitative estimate of drug-likeness (QED) is 0.707. The molecule has 0 unspecified atom stereocenters. The summed E-state index contributed by atoms with van der Waals surface area (Å²) in [6, 6.07) is 13.5. The van der Waals surface area contributed by atoms with Gasteiger partial charge in [-0.3, -0.25) is 9.59 Å². The molecule has 2 N–H and O–H groups in total. The first-order valence-electron chi connectivity index (χ1n) is 10.2. The van der Waals surface area contributed by atoms with Crippen molar-refractivity contribution in [1.29, 1.82) is 0 Å². The number of hydrogen-bond acceptors (Lipinski definition) is 5. The van der Waals surface area contributed by atoms with Crippen molar-refractivity contribution in [3.63, 3.8) is 0 Å². The Morgan fingerprint density at radius 3 is 2.33 bits per heavy atom. The Hall–Kier alpha value is -3.48. The van der Waals surface area contributed by atoms with Gasteiger partial charge in [-0.25, -0.2) is 9.97 Å². The lowest BCUT2D eigenvalue weighted by Gasteiger charge is -2.19. The standard InChI is InChI=1S/C23H25N5O2/c1-3-27(4-2)20(29)12-15-9-10-19-18(11-15)21(26-23(24)25-19)22(30)28-13-16-7-5-6-8-17(16)14-28/h5-11H,3-4,12-14H2,1-2H3,(H2,24,25,26). The Morgan fingerprint density at radius 2 is 1.70 bits per heavy atom. The summed E-state index contributed by atoms with van der Waals surface area (Å²) in [7, 11) is 0. The average molecular weight is 403 g/mol. The second-order valence-corrected chi connectivity index (χ2v) is 7.45. The van der Waals surface area contributed by atoms with E-state index in [1.54, 1.807) is 15.9 Å². The number of anilines is 1. The topological polar surface area (TPSA) is 92.4 Å². The van der Waals surface area contributed by atoms with E-state index in [-0.39, 0.29) is 29.9 Å². The van der Waals surface area contributed by atoms with E-state index in [1.807, 2.05) is 50.2 Å². The fourth-order valence-corrected chi connectivity index (χ4v) is 3.96. The smallest absolute Gasteiger partial charge is 0.273 e. The molecule has 0 bridgehead atoms. The van der Waals surface area contributed by atoms with E-state index >= 15 is 0 Å². The summed E-state index contributed by atoms with van der Waals surface area (Å²) in [4.78, 5) is 37.9. The van der Waals surface area contributed by atoms with Crippen molar-refractivity contribution in [2.45, 2.75) is 33.4 Å². The lowest BCUT2D eigenvalue weighted by Crippen LogP contribution is -2.31. The van der Waals surface area contributed by atoms with Crippen LogP contribution in [0.5, 0.6) is 0 Å². The summed E-state index contributed by atoms with van der Waals surface area (Å²) < 4.78 is 0. The number of nitrogen functional groups attached to an aromatic ring is 1. The van der Waals surface area contributed by atoms with Crippen molar-refractivity contribution in [1.82, 2.24) is 19.8 Å². The van der Waals surface area contributed by atoms with Crippen molar-refractivity contribution < 1.29 is 9.59 Å². The Bertz CT molecular complexity index is 1100. The molecule has 1 aliphatic heterocycles. The summed E-state index contributed by atoms with van der Waals surface area (Å²) in [5.74, 6) is -0.0642. The van der Waals surface area contributed by atoms with Gasteiger partial charge in [-0.15, -0.1) is 0 Å². The van der Waals surface area contributed by atoms with Gasteiger partial charge in [0.2, 0.25) is 11.9 Å². The van der Waals surface area contributed by atoms with E-state index in [1.165, 1.54) is 0 Å². The molecule has 2 heterocycles. The highest BCUT2D eigenvalue weighted by atomic mass is 16.2. The number of aromatic nitrogens is 2. The Morgan fingerprint density at radius 1 is 1.03 bits per heavy atom. The maximum absolute atomic E-state index is 13.3. The molecule has 30 heavy (non-hydrogen) atoms. The summed E-state index contributed by atoms with van der Waals surface area (Å²) in [6.07, 6.45) is 0.269. The van der Waals surface area contributed by atoms with Crippen LogP contribution >= 0.6 is 0 Å². The fourth-order valence-electron chi connectivity index (χ4n) is 3.96. The number of rotatable bonds is 5. The highest BCUT2D eigenvalue weighted by Gasteiger charge is 2.27. The molecule has 0 fully saturated rings. The van der Waals surface area contributed by atoms with Gasteiger partial charge in [-0.05, 0) is 42.7 Å². The van der Waals surface area contributed by atoms with Crippen LogP contribution in [0.2, 0.25) is 0 Å². The molecule has 0 spiro atoms. The first kappa shape index (κ1) is 19.8. The third-order valence-electron chi connectivity index (χ3n) is 5.58. The fraction of sp³-hybridized carbons (Fsp3) is 0.304. The van der Waals surface area contributed by atoms with Crippen molar-refractivity contribution in [2.75, 3.05) is 18.8 Å². The number of nitrogens with two attached hydrogens (primary N) is 1. The number of carbonyl (C=O) groups excluding carboxylic acids is 2. The van der Waals surface area contributed by atoms with Gasteiger partial charge >= 0.3 is 0 Å². The van der Waals surface area contributed by atoms with Gasteiger partial charge in [0.1, 0.15) is 5.69 Å². The third kappa shape index (κ3) is 3.70. The molecular weight excluding hydrogens is 378 g/mol. The molecule has 7 nitrogen and oxygen atoms in total. The number of hydrogen-bond donors (Lipinski definition) is 1. The molecule has 2 amide bonds. The molecule has 0 aliphatic carbocycles. The second-order valence-electron chi connectivity index (χ2n) is 7.45. The Labute approximate surface area is 175 Å². The summed E-state index contributed by atoms with van der Waals surface area (Å²) in [6.45, 7) is 6.34. The van der Waals surface area contributed by atoms with E-state index in [0.717, 1.165) is 16.7 Å². The molecule has 0 radical (unpaired) electrons. The number of benzene rings is 2. The molecule has 1 aliphatic rings. The lowest BCUT2D eigenvalue weighted by molar-refractivity contribution is -0.130. The van der Waals surface area contributed by atoms with Crippen molar-refractivity contribution in [3.05, 3.63) is 64.8 Å². The number of carbonyl (C=O) groups is 2. The average Bonchev–Trinajstić information content (AvgIpc) is 3.18. The zero-order chi connectivity index (χ0) is 21.3. The van der Waals surface area contributed by atoms with Crippen LogP contribution in [0.25, 0.3) is 10.9 Å². The van der Waals surface area contributed by atoms with E-state index in [9.17, 15) is 9.59 Å². The van der Waals surface area contributed by atoms with Crippen LogP contribution in [0.1, 0.15) is 41.0 Å². The van der Waals surface area contributed by atoms with E-state index in [2.05, 4.69) is 9.97 Å². The maximum Gasteiger partial charge on any atom is 0.273 e. The first-order valence-corrected chi connectivity index (χ1v) is 10.2. The Balaban J connectivity index is 1.67. The highest BCUT2D eigenvalue weighted by molar-refractivity contribution is 6.05. The van der Waals surface area contributed by atoms with Crippen molar-refractivity contribution in [3.8, 4) is 0 Å². The van der Waals surface area contributed by atoms with Crippen LogP contribution in [-0.2, 0) is 24.3 Å². The molecule has 4 rings (SSSR count). The minimum Gasteiger partial charge on any atom is -0.368 e. The van der Waals surface area contributed by atoms with Gasteiger partial charge in [-0.2, -0.15) is 0 Å². The van der Waals surface area contributed by atoms with Crippen LogP contribution in [0.3, 0.4) is 0 Å². The molecule has 3 aromatic rings. The van der Waals surface area contributed by atoms with Gasteiger partial charge < -0.3 is 15.5 Å². The van der Waals surface area contributed by atoms with E-state index in [4.69, 9.17) is 5.73 Å². The first-order chi connectivity index (χ1) is 14.5. The van der Waals surface area contributed by atoms with Gasteiger partial charge in [-0.1, -0.05) is 30.3 Å². The summed E-state index contributed by atoms with van der Waals surface area (Å²) >= 11 is 0. The zero-order valence-corrected chi connectivity index (χ0v) is 17.3. The number of fused-ring (bicyclic) bond motifs is 2. The molecule has 1 aromatic heterocycles. The molecule has 2 aromatic carbocycles. The predicted octanol–water partition coefficient (Wildman–Crippen LogP) is 2.78. The van der Waals surface area contributed by atoms with Crippen LogP contribution in [0, 0.1) is 0 Å². The predicted molar refractivity (Wildman–Crippen MR) is 116 cm³/mol. The molecule has 154 valence electrons. The molecule has 0 saturated heterocycles. The van der Waals surface area contributed by atoms with E-state index in [0.29, 0.717) is 37.1 Å². The summed E-state index contributed by atoms with van der Waals surface area (Å²) in [5, 5.41) is 0.620. The molecular formula is C23H25N5O2. The minimum atomic E-state index is -0.183. The zero-order valence-electron chi connectivity index (χ0n) is 17.3. The van der Waals surface area contributed by atoms with Crippen LogP contribution < -0.4 is 5.73 Å². The largest absolute Gasteiger partial charge is 0.368 e. The monoisotopic (exact) mass is 403 g/mol. The van der Waals surface area contributed by atoms with Gasteiger partial charge in [0, 0.05) is 31.6 Å². The SMILES string of the molecule is CCN(CC)C(=O)Cc1ccc2nc(N)nc(C(=O)N3Cc4ccccc4C3)c2c1. The van der Waals surface area contributed by atoms with E-state index < -0.39 is 0 Å². The highest BCUT2D eigenvalue weighted by Crippen LogP contribution is 2.26. The van der Waals surface area contributed by atoms with Crippen LogP contribution in [0.15, 0.2) is 42.5 Å². The number of amides is 2. The van der Waals surface area contributed by atoms with Crippen molar-refractivity contribution >= 4 is 28.7 Å². The molecule has 0 atom stereocenters. The lowest BCUT2D eigenvalue weighted by atomic mass is 10.1. The van der Waals surface area contributed by atoms with Gasteiger partial charge in [0.25, 0.3) is 5.91 Å². The molecule has 7 heteroatoms. The maximum atomic E-state index is 13.3. The third-order valence-corrected chi connectivity index (χ3v) is 5.58. The second kappa shape index (κ2) is 8.10.